The standard InChI is InChI=1S/C11H10.C9H13N.C3H8/c1-9-6-7-10-4-2-3-5-11(10)8-9;1-7(2)8-3-5-9(10)6-4-8;1-3-2/h2-8H,1H3;3-7H,10H2,1-2H3;3H2,1-2H3. The number of nitrogens with two attached hydrogens (primary N) is 1. The van der Waals surface area contributed by atoms with Gasteiger partial charge in [-0.25, -0.2) is 0 Å². The van der Waals surface area contributed by atoms with E-state index in [1.165, 1.54) is 28.3 Å². The van der Waals surface area contributed by atoms with Gasteiger partial charge in [0, 0.05) is 5.69 Å². The predicted molar refractivity (Wildman–Crippen MR) is 110 cm³/mol. The van der Waals surface area contributed by atoms with Crippen molar-refractivity contribution >= 4 is 16.5 Å². The third kappa shape index (κ3) is 6.87. The van der Waals surface area contributed by atoms with Crippen LogP contribution in [0.3, 0.4) is 0 Å². The Morgan fingerprint density at radius 1 is 0.792 bits per heavy atom. The molecule has 0 saturated heterocycles. The molecule has 0 saturated carbocycles. The number of aryl methyl sites for hydroxylation is 1. The van der Waals surface area contributed by atoms with Crippen molar-refractivity contribution in [3.63, 3.8) is 0 Å². The van der Waals surface area contributed by atoms with E-state index in [4.69, 9.17) is 5.73 Å². The molecule has 0 aliphatic carbocycles. The molecule has 2 N–H and O–H groups in total. The molecule has 24 heavy (non-hydrogen) atoms. The first-order valence-electron chi connectivity index (χ1n) is 8.78. The fraction of sp³-hybridized carbons (Fsp3) is 0.304. The number of benzene rings is 3. The van der Waals surface area contributed by atoms with Gasteiger partial charge in [0.25, 0.3) is 0 Å². The lowest BCUT2D eigenvalue weighted by Gasteiger charge is -2.03. The minimum Gasteiger partial charge on any atom is -0.399 e. The second-order valence-electron chi connectivity index (χ2n) is 6.38. The SMILES string of the molecule is CC(C)c1ccc(N)cc1.CCC.Cc1ccc2ccccc2c1. The topological polar surface area (TPSA) is 26.0 Å². The zero-order valence-electron chi connectivity index (χ0n) is 15.7. The molecule has 0 unspecified atom stereocenters. The van der Waals surface area contributed by atoms with E-state index in [2.05, 4.69) is 89.2 Å². The van der Waals surface area contributed by atoms with E-state index < -0.39 is 0 Å². The number of anilines is 1. The highest BCUT2D eigenvalue weighted by Crippen LogP contribution is 2.15. The van der Waals surface area contributed by atoms with Gasteiger partial charge in [-0.15, -0.1) is 0 Å². The number of fused-ring (bicyclic) bond motifs is 1. The zero-order chi connectivity index (χ0) is 17.9. The molecule has 0 aliphatic heterocycles. The van der Waals surface area contributed by atoms with Gasteiger partial charge in [0.2, 0.25) is 0 Å². The molecule has 0 radical (unpaired) electrons. The van der Waals surface area contributed by atoms with E-state index in [1.807, 2.05) is 12.1 Å². The van der Waals surface area contributed by atoms with Crippen LogP contribution in [0.1, 0.15) is 51.2 Å². The Hall–Kier alpha value is -2.28. The third-order valence-corrected chi connectivity index (χ3v) is 3.51. The molecule has 0 fully saturated rings. The Kier molecular flexibility index (Phi) is 8.64. The molecule has 1 heteroatoms. The normalized spacial score (nSPS) is 9.75. The van der Waals surface area contributed by atoms with Crippen LogP contribution in [0.25, 0.3) is 10.8 Å². The summed E-state index contributed by atoms with van der Waals surface area (Å²) < 4.78 is 0. The van der Waals surface area contributed by atoms with Crippen molar-refractivity contribution in [1.29, 1.82) is 0 Å². The summed E-state index contributed by atoms with van der Waals surface area (Å²) in [6, 6.07) is 22.9. The molecule has 3 aromatic rings. The molecular formula is C23H31N. The van der Waals surface area contributed by atoms with Gasteiger partial charge in [0.05, 0.1) is 0 Å². The number of hydrogen-bond acceptors (Lipinski definition) is 1. The number of hydrogen-bond donors (Lipinski definition) is 1. The maximum atomic E-state index is 5.53. The van der Waals surface area contributed by atoms with Crippen molar-refractivity contribution in [2.45, 2.75) is 47.0 Å². The molecule has 0 aromatic heterocycles. The Bertz CT molecular complexity index is 711. The highest BCUT2D eigenvalue weighted by molar-refractivity contribution is 5.82. The van der Waals surface area contributed by atoms with Crippen molar-refractivity contribution in [2.75, 3.05) is 5.73 Å². The van der Waals surface area contributed by atoms with Gasteiger partial charge in [-0.2, -0.15) is 0 Å². The van der Waals surface area contributed by atoms with Crippen molar-refractivity contribution in [2.24, 2.45) is 0 Å². The third-order valence-electron chi connectivity index (χ3n) is 3.51. The summed E-state index contributed by atoms with van der Waals surface area (Å²) in [7, 11) is 0. The lowest BCUT2D eigenvalue weighted by atomic mass is 10.0. The fourth-order valence-corrected chi connectivity index (χ4v) is 2.19. The summed E-state index contributed by atoms with van der Waals surface area (Å²) in [5.74, 6) is 0.598. The van der Waals surface area contributed by atoms with Gasteiger partial charge in [-0.05, 0) is 41.3 Å². The molecular weight excluding hydrogens is 290 g/mol. The van der Waals surface area contributed by atoms with Crippen LogP contribution >= 0.6 is 0 Å². The molecule has 0 spiro atoms. The zero-order valence-corrected chi connectivity index (χ0v) is 15.7. The Morgan fingerprint density at radius 2 is 1.33 bits per heavy atom. The molecule has 0 bridgehead atoms. The van der Waals surface area contributed by atoms with Crippen LogP contribution in [0.2, 0.25) is 0 Å². The predicted octanol–water partition coefficient (Wildman–Crippen LogP) is 6.96. The average molecular weight is 322 g/mol. The molecule has 0 heterocycles. The van der Waals surface area contributed by atoms with Crippen LogP contribution in [0.4, 0.5) is 5.69 Å². The smallest absolute Gasteiger partial charge is 0.0314 e. The minimum atomic E-state index is 0.598. The van der Waals surface area contributed by atoms with Crippen molar-refractivity contribution < 1.29 is 0 Å². The second kappa shape index (κ2) is 10.5. The fourth-order valence-electron chi connectivity index (χ4n) is 2.19. The summed E-state index contributed by atoms with van der Waals surface area (Å²) in [6.07, 6.45) is 1.25. The Morgan fingerprint density at radius 3 is 1.88 bits per heavy atom. The summed E-state index contributed by atoms with van der Waals surface area (Å²) in [6.45, 7) is 10.7. The van der Waals surface area contributed by atoms with Gasteiger partial charge >= 0.3 is 0 Å². The van der Waals surface area contributed by atoms with Gasteiger partial charge in [0.15, 0.2) is 0 Å². The molecule has 128 valence electrons. The van der Waals surface area contributed by atoms with Crippen LogP contribution in [-0.2, 0) is 0 Å². The molecule has 3 rings (SSSR count). The van der Waals surface area contributed by atoms with Gasteiger partial charge in [-0.3, -0.25) is 0 Å². The van der Waals surface area contributed by atoms with E-state index in [1.54, 1.807) is 0 Å². The monoisotopic (exact) mass is 321 g/mol. The van der Waals surface area contributed by atoms with E-state index >= 15 is 0 Å². The molecule has 3 aromatic carbocycles. The highest BCUT2D eigenvalue weighted by atomic mass is 14.5. The Labute approximate surface area is 147 Å². The van der Waals surface area contributed by atoms with Crippen LogP contribution < -0.4 is 5.73 Å². The highest BCUT2D eigenvalue weighted by Gasteiger charge is 1.95. The van der Waals surface area contributed by atoms with Crippen molar-refractivity contribution in [3.05, 3.63) is 77.9 Å². The first-order valence-corrected chi connectivity index (χ1v) is 8.78. The van der Waals surface area contributed by atoms with Crippen molar-refractivity contribution in [1.82, 2.24) is 0 Å². The van der Waals surface area contributed by atoms with Crippen LogP contribution in [0.15, 0.2) is 66.7 Å². The average Bonchev–Trinajstić information content (AvgIpc) is 2.56. The maximum absolute atomic E-state index is 5.53. The lowest BCUT2D eigenvalue weighted by Crippen LogP contribution is -1.88. The van der Waals surface area contributed by atoms with Crippen LogP contribution in [0, 0.1) is 6.92 Å². The first kappa shape index (κ1) is 19.8. The largest absolute Gasteiger partial charge is 0.399 e. The first-order chi connectivity index (χ1) is 11.5. The van der Waals surface area contributed by atoms with E-state index in [-0.39, 0.29) is 0 Å². The van der Waals surface area contributed by atoms with Crippen molar-refractivity contribution in [3.8, 4) is 0 Å². The van der Waals surface area contributed by atoms with E-state index in [0.717, 1.165) is 5.69 Å². The second-order valence-corrected chi connectivity index (χ2v) is 6.38. The minimum absolute atomic E-state index is 0.598. The lowest BCUT2D eigenvalue weighted by molar-refractivity contribution is 0.867. The van der Waals surface area contributed by atoms with Gasteiger partial charge in [-0.1, -0.05) is 94.3 Å². The summed E-state index contributed by atoms with van der Waals surface area (Å²) >= 11 is 0. The van der Waals surface area contributed by atoms with Gasteiger partial charge in [0.1, 0.15) is 0 Å². The summed E-state index contributed by atoms with van der Waals surface area (Å²) in [5, 5.41) is 2.64. The Balaban J connectivity index is 0.000000208. The summed E-state index contributed by atoms with van der Waals surface area (Å²) in [5.41, 5.74) is 9.03. The van der Waals surface area contributed by atoms with E-state index in [9.17, 15) is 0 Å². The molecule has 0 atom stereocenters. The molecule has 0 amide bonds. The van der Waals surface area contributed by atoms with E-state index in [0.29, 0.717) is 5.92 Å². The van der Waals surface area contributed by atoms with Crippen LogP contribution in [0.5, 0.6) is 0 Å². The quantitative estimate of drug-likeness (QED) is 0.482. The molecule has 0 aliphatic rings. The maximum Gasteiger partial charge on any atom is 0.0314 e. The molecule has 1 nitrogen and oxygen atoms in total. The van der Waals surface area contributed by atoms with Crippen LogP contribution in [-0.4, -0.2) is 0 Å². The number of nitrogen functional groups attached to an aromatic ring is 1. The number of rotatable bonds is 1. The summed E-state index contributed by atoms with van der Waals surface area (Å²) in [4.78, 5) is 0. The van der Waals surface area contributed by atoms with Gasteiger partial charge < -0.3 is 5.73 Å².